The van der Waals surface area contributed by atoms with Crippen molar-refractivity contribution in [2.75, 3.05) is 11.4 Å². The summed E-state index contributed by atoms with van der Waals surface area (Å²) in [4.78, 5) is 41.5. The average Bonchev–Trinajstić information content (AvgIpc) is 3.60. The smallest absolute Gasteiger partial charge is 0.287 e. The van der Waals surface area contributed by atoms with Crippen LogP contribution in [0.1, 0.15) is 44.6 Å². The highest BCUT2D eigenvalue weighted by molar-refractivity contribution is 6.05. The van der Waals surface area contributed by atoms with E-state index in [1.165, 1.54) is 23.5 Å². The van der Waals surface area contributed by atoms with Crippen LogP contribution in [0.25, 0.3) is 0 Å². The molecule has 190 valence electrons. The highest BCUT2D eigenvalue weighted by Gasteiger charge is 2.34. The van der Waals surface area contributed by atoms with Crippen LogP contribution in [-0.4, -0.2) is 24.3 Å². The van der Waals surface area contributed by atoms with E-state index in [9.17, 15) is 14.4 Å². The lowest BCUT2D eigenvalue weighted by Crippen LogP contribution is -2.48. The Balaban J connectivity index is 1.73. The molecule has 0 bridgehead atoms. The van der Waals surface area contributed by atoms with Crippen molar-refractivity contribution in [2.24, 2.45) is 0 Å². The Morgan fingerprint density at radius 3 is 2.14 bits per heavy atom. The van der Waals surface area contributed by atoms with Crippen molar-refractivity contribution in [1.29, 1.82) is 0 Å². The molecule has 0 fully saturated rings. The summed E-state index contributed by atoms with van der Waals surface area (Å²) in [5.41, 5.74) is 3.95. The van der Waals surface area contributed by atoms with Gasteiger partial charge in [0.2, 0.25) is 11.8 Å². The van der Waals surface area contributed by atoms with Gasteiger partial charge in [-0.1, -0.05) is 48.0 Å². The fourth-order valence-electron chi connectivity index (χ4n) is 4.42. The zero-order valence-electron chi connectivity index (χ0n) is 21.0. The van der Waals surface area contributed by atoms with Crippen molar-refractivity contribution in [3.05, 3.63) is 113 Å². The number of aryl methyl sites for hydroxylation is 3. The van der Waals surface area contributed by atoms with Gasteiger partial charge in [0.15, 0.2) is 5.76 Å². The summed E-state index contributed by atoms with van der Waals surface area (Å²) >= 11 is 0. The van der Waals surface area contributed by atoms with Gasteiger partial charge in [-0.15, -0.1) is 0 Å². The van der Waals surface area contributed by atoms with Crippen LogP contribution in [0.2, 0.25) is 0 Å². The number of hydrogen-bond donors (Lipinski definition) is 2. The molecule has 2 aromatic carbocycles. The molecule has 0 unspecified atom stereocenters. The molecular weight excluding hydrogens is 470 g/mol. The number of carbonyl (C=O) groups is 3. The third-order valence-electron chi connectivity index (χ3n) is 5.93. The molecule has 0 saturated heterocycles. The van der Waals surface area contributed by atoms with E-state index < -0.39 is 17.9 Å². The fourth-order valence-corrected chi connectivity index (χ4v) is 4.42. The summed E-state index contributed by atoms with van der Waals surface area (Å²) in [7, 11) is 0. The molecule has 37 heavy (non-hydrogen) atoms. The van der Waals surface area contributed by atoms with Crippen LogP contribution in [0.5, 0.6) is 0 Å². The summed E-state index contributed by atoms with van der Waals surface area (Å²) in [5.74, 6) is -0.664. The zero-order chi connectivity index (χ0) is 26.4. The molecule has 0 aliphatic rings. The number of nitrogens with one attached hydrogen (secondary N) is 2. The number of benzene rings is 2. The lowest BCUT2D eigenvalue weighted by molar-refractivity contribution is -0.126. The predicted octanol–water partition coefficient (Wildman–Crippen LogP) is 4.62. The second-order valence-corrected chi connectivity index (χ2v) is 8.78. The molecule has 2 aromatic heterocycles. The Hall–Kier alpha value is -4.59. The van der Waals surface area contributed by atoms with Gasteiger partial charge in [0, 0.05) is 0 Å². The zero-order valence-corrected chi connectivity index (χ0v) is 21.0. The second-order valence-electron chi connectivity index (χ2n) is 8.78. The average molecular weight is 500 g/mol. The Labute approximate surface area is 215 Å². The molecule has 2 heterocycles. The molecule has 0 spiro atoms. The normalized spacial score (nSPS) is 11.5. The van der Waals surface area contributed by atoms with Gasteiger partial charge in [-0.2, -0.15) is 0 Å². The van der Waals surface area contributed by atoms with Crippen molar-refractivity contribution < 1.29 is 23.2 Å². The van der Waals surface area contributed by atoms with E-state index in [0.29, 0.717) is 17.0 Å². The molecule has 2 N–H and O–H groups in total. The maximum absolute atomic E-state index is 13.8. The van der Waals surface area contributed by atoms with Crippen LogP contribution in [0, 0.1) is 20.8 Å². The van der Waals surface area contributed by atoms with Gasteiger partial charge >= 0.3 is 0 Å². The number of furan rings is 2. The number of amides is 3. The lowest BCUT2D eigenvalue weighted by atomic mass is 9.98. The van der Waals surface area contributed by atoms with Crippen molar-refractivity contribution in [1.82, 2.24) is 10.6 Å². The summed E-state index contributed by atoms with van der Waals surface area (Å²) in [6.45, 7) is 5.61. The Morgan fingerprint density at radius 1 is 0.838 bits per heavy atom. The van der Waals surface area contributed by atoms with E-state index in [2.05, 4.69) is 10.6 Å². The Kier molecular flexibility index (Phi) is 7.88. The van der Waals surface area contributed by atoms with Gasteiger partial charge in [0.05, 0.1) is 31.3 Å². The first kappa shape index (κ1) is 25.5. The molecule has 0 radical (unpaired) electrons. The molecule has 1 atom stereocenters. The van der Waals surface area contributed by atoms with E-state index in [1.807, 2.05) is 51.1 Å². The topological polar surface area (TPSA) is 105 Å². The fraction of sp³-hybridized carbons (Fsp3) is 0.207. The van der Waals surface area contributed by atoms with Gasteiger partial charge in [-0.3, -0.25) is 19.3 Å². The number of hydrogen-bond acceptors (Lipinski definition) is 5. The standard InChI is InChI=1S/C29H29N3O5/c1-19-15-20(2)26(21(3)16-19)32(25(33)18-31-28(34)24-12-8-14-37-24)27(22-9-5-4-6-10-22)29(35)30-17-23-11-7-13-36-23/h4-16,27H,17-18H2,1-3H3,(H,30,35)(H,31,34)/t27-/m1/s1. The molecule has 4 aromatic rings. The Morgan fingerprint density at radius 2 is 1.51 bits per heavy atom. The van der Waals surface area contributed by atoms with E-state index in [-0.39, 0.29) is 24.8 Å². The summed E-state index contributed by atoms with van der Waals surface area (Å²) in [6, 6.07) is 18.6. The number of rotatable bonds is 9. The molecule has 8 nitrogen and oxygen atoms in total. The van der Waals surface area contributed by atoms with Crippen molar-refractivity contribution >= 4 is 23.4 Å². The third-order valence-corrected chi connectivity index (χ3v) is 5.93. The van der Waals surface area contributed by atoms with Gasteiger partial charge < -0.3 is 19.5 Å². The summed E-state index contributed by atoms with van der Waals surface area (Å²) in [5, 5.41) is 5.51. The first-order chi connectivity index (χ1) is 17.8. The molecule has 8 heteroatoms. The third kappa shape index (κ3) is 5.98. The monoisotopic (exact) mass is 499 g/mol. The van der Waals surface area contributed by atoms with Gasteiger partial charge in [-0.05, 0) is 61.7 Å². The van der Waals surface area contributed by atoms with E-state index in [4.69, 9.17) is 8.83 Å². The van der Waals surface area contributed by atoms with E-state index in [0.717, 1.165) is 16.7 Å². The van der Waals surface area contributed by atoms with Crippen molar-refractivity contribution in [3.63, 3.8) is 0 Å². The van der Waals surface area contributed by atoms with E-state index >= 15 is 0 Å². The molecular formula is C29H29N3O5. The van der Waals surface area contributed by atoms with Crippen LogP contribution in [-0.2, 0) is 16.1 Å². The van der Waals surface area contributed by atoms with Gasteiger partial charge in [-0.25, -0.2) is 0 Å². The van der Waals surface area contributed by atoms with Crippen LogP contribution >= 0.6 is 0 Å². The predicted molar refractivity (Wildman–Crippen MR) is 139 cm³/mol. The largest absolute Gasteiger partial charge is 0.467 e. The highest BCUT2D eigenvalue weighted by atomic mass is 16.3. The minimum atomic E-state index is -0.996. The van der Waals surface area contributed by atoms with Crippen LogP contribution in [0.3, 0.4) is 0 Å². The molecule has 0 aliphatic carbocycles. The minimum Gasteiger partial charge on any atom is -0.467 e. The molecule has 4 rings (SSSR count). The van der Waals surface area contributed by atoms with Gasteiger partial charge in [0.25, 0.3) is 5.91 Å². The first-order valence-corrected chi connectivity index (χ1v) is 11.9. The maximum atomic E-state index is 13.8. The molecule has 3 amide bonds. The minimum absolute atomic E-state index is 0.0952. The number of carbonyl (C=O) groups excluding carboxylic acids is 3. The first-order valence-electron chi connectivity index (χ1n) is 11.9. The van der Waals surface area contributed by atoms with Crippen LogP contribution < -0.4 is 15.5 Å². The highest BCUT2D eigenvalue weighted by Crippen LogP contribution is 2.34. The van der Waals surface area contributed by atoms with E-state index in [1.54, 1.807) is 30.3 Å². The quantitative estimate of drug-likeness (QED) is 0.350. The maximum Gasteiger partial charge on any atom is 0.287 e. The summed E-state index contributed by atoms with van der Waals surface area (Å²) < 4.78 is 10.5. The van der Waals surface area contributed by atoms with Crippen molar-refractivity contribution in [3.8, 4) is 0 Å². The SMILES string of the molecule is Cc1cc(C)c(N(C(=O)CNC(=O)c2ccco2)[C@@H](C(=O)NCc2ccco2)c2ccccc2)c(C)c1. The molecule has 0 saturated carbocycles. The Bertz CT molecular complexity index is 1340. The molecule has 0 aliphatic heterocycles. The van der Waals surface area contributed by atoms with Crippen LogP contribution in [0.15, 0.2) is 88.1 Å². The van der Waals surface area contributed by atoms with Gasteiger partial charge in [0.1, 0.15) is 11.8 Å². The van der Waals surface area contributed by atoms with Crippen molar-refractivity contribution in [2.45, 2.75) is 33.4 Å². The second kappa shape index (κ2) is 11.4. The summed E-state index contributed by atoms with van der Waals surface area (Å²) in [6.07, 6.45) is 2.92. The number of anilines is 1. The van der Waals surface area contributed by atoms with Crippen LogP contribution in [0.4, 0.5) is 5.69 Å². The number of nitrogens with zero attached hydrogens (tertiary/aromatic N) is 1. The lowest BCUT2D eigenvalue weighted by Gasteiger charge is -2.34.